The van der Waals surface area contributed by atoms with Gasteiger partial charge in [0.25, 0.3) is 0 Å². The monoisotopic (exact) mass is 567 g/mol. The van der Waals surface area contributed by atoms with Gasteiger partial charge >= 0.3 is 0 Å². The van der Waals surface area contributed by atoms with Crippen LogP contribution in [0.15, 0.2) is 71.7 Å². The van der Waals surface area contributed by atoms with Crippen LogP contribution < -0.4 is 43.6 Å². The molecule has 0 bridgehead atoms. The lowest BCUT2D eigenvalue weighted by Gasteiger charge is -2.22. The Morgan fingerprint density at radius 2 is 1.00 bits per heavy atom. The van der Waals surface area contributed by atoms with Crippen molar-refractivity contribution in [1.29, 1.82) is 0 Å². The van der Waals surface area contributed by atoms with Crippen LogP contribution >= 0.6 is 0 Å². The highest BCUT2D eigenvalue weighted by atomic mass is 16.5. The molecule has 1 heterocycles. The van der Waals surface area contributed by atoms with E-state index in [1.54, 1.807) is 49.8 Å². The Balaban J connectivity index is 2.01. The molecule has 0 atom stereocenters. The predicted molar refractivity (Wildman–Crippen MR) is 163 cm³/mol. The predicted octanol–water partition coefficient (Wildman–Crippen LogP) is 4.91. The number of hydrogen-bond donors (Lipinski definition) is 0. The number of fused-ring (bicyclic) bond motifs is 1. The SMILES string of the molecule is COc1ccc2c(c1)C(=c1cc(OC)c(=C(c3c(OC)cccc3OC)c3c(OC)cccc3OC)c(OC)c1)C=N2. The van der Waals surface area contributed by atoms with Crippen molar-refractivity contribution in [3.05, 3.63) is 93.9 Å². The maximum atomic E-state index is 6.09. The van der Waals surface area contributed by atoms with Crippen LogP contribution in [0.2, 0.25) is 0 Å². The first-order chi connectivity index (χ1) is 20.5. The molecule has 0 unspecified atom stereocenters. The molecular weight excluding hydrogens is 534 g/mol. The third-order valence-electron chi connectivity index (χ3n) is 7.25. The van der Waals surface area contributed by atoms with Gasteiger partial charge in [-0.05, 0) is 59.8 Å². The minimum absolute atomic E-state index is 0.553. The van der Waals surface area contributed by atoms with E-state index in [0.29, 0.717) is 56.4 Å². The zero-order valence-electron chi connectivity index (χ0n) is 24.7. The van der Waals surface area contributed by atoms with Gasteiger partial charge < -0.3 is 33.2 Å². The van der Waals surface area contributed by atoms with Crippen molar-refractivity contribution in [2.45, 2.75) is 0 Å². The summed E-state index contributed by atoms with van der Waals surface area (Å²) < 4.78 is 41.2. The summed E-state index contributed by atoms with van der Waals surface area (Å²) in [5.41, 5.74) is 4.77. The van der Waals surface area contributed by atoms with Gasteiger partial charge in [0.1, 0.15) is 40.2 Å². The van der Waals surface area contributed by atoms with Gasteiger partial charge in [-0.2, -0.15) is 0 Å². The van der Waals surface area contributed by atoms with E-state index < -0.39 is 0 Å². The molecule has 1 aliphatic heterocycles. The number of methoxy groups -OCH3 is 7. The summed E-state index contributed by atoms with van der Waals surface area (Å²) in [7, 11) is 11.4. The molecule has 0 radical (unpaired) electrons. The normalized spacial score (nSPS) is 11.5. The third-order valence-corrected chi connectivity index (χ3v) is 7.25. The molecule has 0 spiro atoms. The molecular formula is C34H33NO7. The van der Waals surface area contributed by atoms with E-state index in [-0.39, 0.29) is 0 Å². The van der Waals surface area contributed by atoms with Crippen molar-refractivity contribution in [3.8, 4) is 40.2 Å². The molecule has 8 nitrogen and oxygen atoms in total. The van der Waals surface area contributed by atoms with Gasteiger partial charge in [0, 0.05) is 22.9 Å². The topological polar surface area (TPSA) is 77.0 Å². The lowest BCUT2D eigenvalue weighted by Crippen LogP contribution is -2.21. The Labute approximate surface area is 245 Å². The Morgan fingerprint density at radius 1 is 0.524 bits per heavy atom. The van der Waals surface area contributed by atoms with Crippen LogP contribution in [-0.4, -0.2) is 56.0 Å². The van der Waals surface area contributed by atoms with Crippen molar-refractivity contribution in [2.24, 2.45) is 4.99 Å². The van der Waals surface area contributed by atoms with Crippen LogP contribution in [0.4, 0.5) is 5.69 Å². The fourth-order valence-corrected chi connectivity index (χ4v) is 5.29. The molecule has 4 aromatic carbocycles. The molecule has 42 heavy (non-hydrogen) atoms. The Hall–Kier alpha value is -5.11. The molecule has 5 rings (SSSR count). The summed E-state index contributed by atoms with van der Waals surface area (Å²) in [5, 5.41) is 1.53. The second-order valence-corrected chi connectivity index (χ2v) is 9.26. The van der Waals surface area contributed by atoms with Gasteiger partial charge in [0.05, 0.1) is 71.8 Å². The van der Waals surface area contributed by atoms with E-state index >= 15 is 0 Å². The number of benzene rings is 4. The highest BCUT2D eigenvalue weighted by Crippen LogP contribution is 2.44. The standard InChI is InChI=1S/C34H33NO7/c1-36-21-14-15-24-22(18-21)23(19-35-24)20-16-29(41-6)33(30(17-20)42-7)34(31-25(37-2)10-8-11-26(31)38-3)32-27(39-4)12-9-13-28(32)40-5/h8-19H,1-7H3. The third kappa shape index (κ3) is 4.85. The molecule has 0 N–H and O–H groups in total. The van der Waals surface area contributed by atoms with Crippen LogP contribution in [-0.2, 0) is 0 Å². The Bertz CT molecular complexity index is 1660. The number of nitrogens with zero attached hydrogens (tertiary/aromatic N) is 1. The zero-order valence-corrected chi connectivity index (χ0v) is 24.7. The second-order valence-electron chi connectivity index (χ2n) is 9.26. The van der Waals surface area contributed by atoms with Crippen molar-refractivity contribution in [2.75, 3.05) is 49.8 Å². The van der Waals surface area contributed by atoms with Crippen LogP contribution in [0.1, 0.15) is 16.7 Å². The summed E-state index contributed by atoms with van der Waals surface area (Å²) in [6, 6.07) is 21.0. The van der Waals surface area contributed by atoms with Crippen LogP contribution in [0.5, 0.6) is 40.2 Å². The summed E-state index contributed by atoms with van der Waals surface area (Å²) >= 11 is 0. The second kappa shape index (κ2) is 12.2. The molecule has 0 saturated heterocycles. The van der Waals surface area contributed by atoms with Gasteiger partial charge in [-0.15, -0.1) is 0 Å². The smallest absolute Gasteiger partial charge is 0.131 e. The summed E-state index contributed by atoms with van der Waals surface area (Å²) in [6.07, 6.45) is 1.84. The first-order valence-electron chi connectivity index (χ1n) is 13.2. The maximum Gasteiger partial charge on any atom is 0.131 e. The minimum atomic E-state index is 0.553. The van der Waals surface area contributed by atoms with E-state index in [2.05, 4.69) is 4.99 Å². The molecule has 8 heteroatoms. The maximum absolute atomic E-state index is 6.09. The van der Waals surface area contributed by atoms with Crippen LogP contribution in [0, 0.1) is 0 Å². The Kier molecular flexibility index (Phi) is 8.24. The number of ether oxygens (including phenoxy) is 7. The quantitative estimate of drug-likeness (QED) is 0.285. The van der Waals surface area contributed by atoms with Crippen molar-refractivity contribution in [1.82, 2.24) is 0 Å². The average Bonchev–Trinajstić information content (AvgIpc) is 3.47. The van der Waals surface area contributed by atoms with E-state index in [4.69, 9.17) is 33.2 Å². The van der Waals surface area contributed by atoms with Gasteiger partial charge in [0.2, 0.25) is 0 Å². The largest absolute Gasteiger partial charge is 0.497 e. The van der Waals surface area contributed by atoms with Crippen LogP contribution in [0.3, 0.4) is 0 Å². The fraction of sp³-hybridized carbons (Fsp3) is 0.206. The highest BCUT2D eigenvalue weighted by molar-refractivity contribution is 6.16. The summed E-state index contributed by atoms with van der Waals surface area (Å²) in [4.78, 5) is 4.62. The van der Waals surface area contributed by atoms with Gasteiger partial charge in [0.15, 0.2) is 0 Å². The molecule has 4 aromatic rings. The molecule has 216 valence electrons. The Morgan fingerprint density at radius 3 is 1.43 bits per heavy atom. The van der Waals surface area contributed by atoms with Crippen molar-refractivity contribution >= 4 is 23.0 Å². The molecule has 0 saturated carbocycles. The molecule has 0 aliphatic carbocycles. The molecule has 0 amide bonds. The lowest BCUT2D eigenvalue weighted by molar-refractivity contribution is 0.383. The zero-order chi connectivity index (χ0) is 29.8. The van der Waals surface area contributed by atoms with E-state index in [0.717, 1.165) is 27.8 Å². The van der Waals surface area contributed by atoms with Gasteiger partial charge in [-0.3, -0.25) is 4.99 Å². The minimum Gasteiger partial charge on any atom is -0.497 e. The fourth-order valence-electron chi connectivity index (χ4n) is 5.29. The number of aliphatic imine (C=N–C) groups is 1. The van der Waals surface area contributed by atoms with Gasteiger partial charge in [-0.25, -0.2) is 0 Å². The van der Waals surface area contributed by atoms with Crippen LogP contribution in [0.25, 0.3) is 11.1 Å². The average molecular weight is 568 g/mol. The first-order valence-corrected chi connectivity index (χ1v) is 13.2. The summed E-state index contributed by atoms with van der Waals surface area (Å²) in [5.74, 6) is 4.20. The van der Waals surface area contributed by atoms with E-state index in [9.17, 15) is 0 Å². The first kappa shape index (κ1) is 28.4. The molecule has 1 aliphatic rings. The lowest BCUT2D eigenvalue weighted by atomic mass is 9.91. The number of hydrogen-bond acceptors (Lipinski definition) is 8. The van der Waals surface area contributed by atoms with E-state index in [1.807, 2.05) is 72.9 Å². The van der Waals surface area contributed by atoms with Gasteiger partial charge in [-0.1, -0.05) is 12.1 Å². The molecule has 0 fully saturated rings. The summed E-state index contributed by atoms with van der Waals surface area (Å²) in [6.45, 7) is 0. The van der Waals surface area contributed by atoms with E-state index in [1.165, 1.54) is 0 Å². The van der Waals surface area contributed by atoms with Crippen molar-refractivity contribution < 1.29 is 33.2 Å². The van der Waals surface area contributed by atoms with Crippen molar-refractivity contribution in [3.63, 3.8) is 0 Å². The number of rotatable bonds is 9. The highest BCUT2D eigenvalue weighted by Gasteiger charge is 2.27. The molecule has 0 aromatic heterocycles.